The van der Waals surface area contributed by atoms with E-state index in [9.17, 15) is 9.59 Å². The number of likely N-dealkylation sites (N-methyl/N-ethyl adjacent to an activating group) is 1. The van der Waals surface area contributed by atoms with Crippen LogP contribution in [0, 0.1) is 5.92 Å². The molecule has 3 atom stereocenters. The lowest BCUT2D eigenvalue weighted by molar-refractivity contribution is -0.139. The van der Waals surface area contributed by atoms with Crippen molar-refractivity contribution < 1.29 is 9.59 Å². The molecule has 32 heavy (non-hydrogen) atoms. The Balaban J connectivity index is 1.57. The van der Waals surface area contributed by atoms with Crippen LogP contribution >= 0.6 is 11.3 Å². The molecule has 2 aliphatic rings. The molecule has 2 amide bonds. The van der Waals surface area contributed by atoms with Crippen LogP contribution in [0.25, 0.3) is 10.4 Å². The third-order valence-electron chi connectivity index (χ3n) is 7.12. The number of thiophene rings is 1. The van der Waals surface area contributed by atoms with E-state index in [-0.39, 0.29) is 29.8 Å². The van der Waals surface area contributed by atoms with E-state index in [1.165, 1.54) is 22.4 Å². The van der Waals surface area contributed by atoms with Crippen molar-refractivity contribution in [2.45, 2.75) is 70.0 Å². The van der Waals surface area contributed by atoms with Crippen LogP contribution in [0.3, 0.4) is 0 Å². The molecule has 2 N–H and O–H groups in total. The lowest BCUT2D eigenvalue weighted by atomic mass is 9.83. The molecule has 0 unspecified atom stereocenters. The number of hydrogen-bond acceptors (Lipinski definition) is 4. The first-order valence-electron chi connectivity index (χ1n) is 12.0. The van der Waals surface area contributed by atoms with Crippen molar-refractivity contribution in [3.63, 3.8) is 0 Å². The summed E-state index contributed by atoms with van der Waals surface area (Å²) in [5.74, 6) is 0.229. The van der Waals surface area contributed by atoms with Crippen LogP contribution in [-0.4, -0.2) is 42.4 Å². The third-order valence-corrected chi connectivity index (χ3v) is 8.04. The summed E-state index contributed by atoms with van der Waals surface area (Å²) in [6, 6.07) is 12.2. The quantitative estimate of drug-likeness (QED) is 0.636. The second-order valence-electron chi connectivity index (χ2n) is 9.19. The number of likely N-dealkylation sites (tertiary alicyclic amines) is 1. The first-order valence-corrected chi connectivity index (χ1v) is 12.9. The summed E-state index contributed by atoms with van der Waals surface area (Å²) in [6.07, 6.45) is 7.49. The molecule has 172 valence electrons. The Morgan fingerprint density at radius 2 is 1.88 bits per heavy atom. The minimum atomic E-state index is -0.431. The second kappa shape index (κ2) is 10.6. The molecule has 1 saturated carbocycles. The van der Waals surface area contributed by atoms with Gasteiger partial charge in [0.2, 0.25) is 11.8 Å². The van der Waals surface area contributed by atoms with E-state index >= 15 is 0 Å². The molecule has 0 radical (unpaired) electrons. The largest absolute Gasteiger partial charge is 0.343 e. The summed E-state index contributed by atoms with van der Waals surface area (Å²) < 4.78 is 0. The predicted molar refractivity (Wildman–Crippen MR) is 130 cm³/mol. The lowest BCUT2D eigenvalue weighted by Crippen LogP contribution is -2.55. The number of nitrogens with zero attached hydrogens (tertiary/aromatic N) is 1. The Morgan fingerprint density at radius 3 is 2.59 bits per heavy atom. The summed E-state index contributed by atoms with van der Waals surface area (Å²) in [7, 11) is 1.78. The van der Waals surface area contributed by atoms with Crippen molar-refractivity contribution in [2.75, 3.05) is 13.6 Å². The zero-order chi connectivity index (χ0) is 22.5. The van der Waals surface area contributed by atoms with Gasteiger partial charge in [-0.3, -0.25) is 9.59 Å². The van der Waals surface area contributed by atoms with Crippen LogP contribution in [-0.2, 0) is 9.59 Å². The molecule has 1 saturated heterocycles. The summed E-state index contributed by atoms with van der Waals surface area (Å²) in [5.41, 5.74) is 2.40. The summed E-state index contributed by atoms with van der Waals surface area (Å²) in [4.78, 5) is 29.9. The van der Waals surface area contributed by atoms with Gasteiger partial charge in [-0.2, -0.15) is 0 Å². The fraction of sp³-hybridized carbons (Fsp3) is 0.538. The highest BCUT2D eigenvalue weighted by Gasteiger charge is 2.39. The van der Waals surface area contributed by atoms with Crippen molar-refractivity contribution >= 4 is 23.2 Å². The predicted octanol–water partition coefficient (Wildman–Crippen LogP) is 4.75. The minimum absolute atomic E-state index is 0.0760. The van der Waals surface area contributed by atoms with Crippen molar-refractivity contribution in [3.8, 4) is 10.4 Å². The maximum atomic E-state index is 13.9. The molecule has 0 bridgehead atoms. The second-order valence-corrected chi connectivity index (χ2v) is 10.1. The molecule has 6 heteroatoms. The van der Waals surface area contributed by atoms with Gasteiger partial charge >= 0.3 is 0 Å². The van der Waals surface area contributed by atoms with Gasteiger partial charge in [-0.15, -0.1) is 11.3 Å². The topological polar surface area (TPSA) is 61.4 Å². The van der Waals surface area contributed by atoms with Crippen molar-refractivity contribution in [3.05, 3.63) is 47.3 Å². The van der Waals surface area contributed by atoms with Gasteiger partial charge in [0.15, 0.2) is 0 Å². The van der Waals surface area contributed by atoms with Gasteiger partial charge in [0.05, 0.1) is 12.1 Å². The monoisotopic (exact) mass is 453 g/mol. The Kier molecular flexibility index (Phi) is 7.63. The highest BCUT2D eigenvalue weighted by Crippen LogP contribution is 2.37. The van der Waals surface area contributed by atoms with Crippen molar-refractivity contribution in [1.82, 2.24) is 15.5 Å². The molecule has 1 aromatic heterocycles. The SMILES string of the molecule is CN[C@@H](C)C(=O)N[C@H](C(=O)N1CCC[C@H]1c1cccc(-c2cccs2)c1)C1CCCCC1. The van der Waals surface area contributed by atoms with Gasteiger partial charge in [0, 0.05) is 11.4 Å². The summed E-state index contributed by atoms with van der Waals surface area (Å²) in [6.45, 7) is 2.60. The van der Waals surface area contributed by atoms with Gasteiger partial charge < -0.3 is 15.5 Å². The van der Waals surface area contributed by atoms with Crippen LogP contribution in [0.2, 0.25) is 0 Å². The number of benzene rings is 1. The molecule has 1 aromatic carbocycles. The van der Waals surface area contributed by atoms with Crippen LogP contribution < -0.4 is 10.6 Å². The van der Waals surface area contributed by atoms with Crippen molar-refractivity contribution in [1.29, 1.82) is 0 Å². The van der Waals surface area contributed by atoms with Crippen molar-refractivity contribution in [2.24, 2.45) is 5.92 Å². The average Bonchev–Trinajstić information content (AvgIpc) is 3.55. The number of rotatable bonds is 7. The molecule has 1 aliphatic carbocycles. The van der Waals surface area contributed by atoms with E-state index in [0.29, 0.717) is 0 Å². The van der Waals surface area contributed by atoms with Crippen LogP contribution in [0.15, 0.2) is 41.8 Å². The summed E-state index contributed by atoms with van der Waals surface area (Å²) in [5, 5.41) is 8.22. The van der Waals surface area contributed by atoms with Gasteiger partial charge in [-0.25, -0.2) is 0 Å². The van der Waals surface area contributed by atoms with Gasteiger partial charge in [-0.1, -0.05) is 43.5 Å². The molecular weight excluding hydrogens is 418 g/mol. The first-order chi connectivity index (χ1) is 15.6. The normalized spacial score (nSPS) is 21.3. The van der Waals surface area contributed by atoms with Gasteiger partial charge in [-0.05, 0) is 74.2 Å². The molecule has 2 aromatic rings. The zero-order valence-corrected chi connectivity index (χ0v) is 20.0. The zero-order valence-electron chi connectivity index (χ0n) is 19.2. The van der Waals surface area contributed by atoms with Gasteiger partial charge in [0.25, 0.3) is 0 Å². The summed E-state index contributed by atoms with van der Waals surface area (Å²) >= 11 is 1.74. The Labute approximate surface area is 195 Å². The first kappa shape index (κ1) is 23.0. The number of amides is 2. The maximum Gasteiger partial charge on any atom is 0.245 e. The number of nitrogens with one attached hydrogen (secondary N) is 2. The third kappa shape index (κ3) is 5.07. The fourth-order valence-corrected chi connectivity index (χ4v) is 5.88. The van der Waals surface area contributed by atoms with Crippen LogP contribution in [0.4, 0.5) is 0 Å². The smallest absolute Gasteiger partial charge is 0.245 e. The average molecular weight is 454 g/mol. The number of carbonyl (C=O) groups excluding carboxylic acids is 2. The van der Waals surface area contributed by atoms with Gasteiger partial charge in [0.1, 0.15) is 6.04 Å². The Bertz CT molecular complexity index is 908. The standard InChI is InChI=1S/C26H35N3O2S/c1-18(27-2)25(30)28-24(19-9-4-3-5-10-19)26(31)29-15-7-13-22(29)20-11-6-12-21(17-20)23-14-8-16-32-23/h6,8,11-12,14,16-19,22,24,27H,3-5,7,9-10,13,15H2,1-2H3,(H,28,30)/t18-,22-,24-/m0/s1. The van der Waals surface area contributed by atoms with E-state index in [4.69, 9.17) is 0 Å². The number of hydrogen-bond donors (Lipinski definition) is 2. The van der Waals surface area contributed by atoms with Crippen LogP contribution in [0.5, 0.6) is 0 Å². The van der Waals surface area contributed by atoms with E-state index in [0.717, 1.165) is 45.1 Å². The highest BCUT2D eigenvalue weighted by atomic mass is 32.1. The van der Waals surface area contributed by atoms with Crippen LogP contribution in [0.1, 0.15) is 63.5 Å². The molecular formula is C26H35N3O2S. The maximum absolute atomic E-state index is 13.9. The minimum Gasteiger partial charge on any atom is -0.343 e. The van der Waals surface area contributed by atoms with E-state index in [1.807, 2.05) is 11.8 Å². The number of carbonyl (C=O) groups is 2. The molecule has 2 fully saturated rings. The Morgan fingerprint density at radius 1 is 1.06 bits per heavy atom. The molecule has 2 heterocycles. The van der Waals surface area contributed by atoms with E-state index < -0.39 is 6.04 Å². The fourth-order valence-electron chi connectivity index (χ4n) is 5.16. The molecule has 4 rings (SSSR count). The molecule has 1 aliphatic heterocycles. The van der Waals surface area contributed by atoms with E-state index in [1.54, 1.807) is 18.4 Å². The molecule has 0 spiro atoms. The molecule has 5 nitrogen and oxygen atoms in total. The van der Waals surface area contributed by atoms with E-state index in [2.05, 4.69) is 52.4 Å². The Hall–Kier alpha value is -2.18. The lowest BCUT2D eigenvalue weighted by Gasteiger charge is -2.35. The highest BCUT2D eigenvalue weighted by molar-refractivity contribution is 7.13.